The molecule has 2 fully saturated rings. The molecule has 2 saturated heterocycles. The largest absolute Gasteiger partial charge is 0.359 e. The van der Waals surface area contributed by atoms with Crippen molar-refractivity contribution in [3.63, 3.8) is 0 Å². The van der Waals surface area contributed by atoms with Gasteiger partial charge < -0.3 is 4.90 Å². The Labute approximate surface area is 115 Å². The molecule has 2 aliphatic heterocycles. The van der Waals surface area contributed by atoms with Crippen LogP contribution in [0.2, 0.25) is 0 Å². The number of imide groups is 1. The summed E-state index contributed by atoms with van der Waals surface area (Å²) in [5.74, 6) is -0.309. The first-order valence-corrected chi connectivity index (χ1v) is 7.09. The van der Waals surface area contributed by atoms with Crippen LogP contribution in [0, 0.1) is 0 Å². The molecule has 2 aliphatic rings. The van der Waals surface area contributed by atoms with Crippen LogP contribution in [0.1, 0.15) is 47.0 Å². The Morgan fingerprint density at radius 2 is 1.84 bits per heavy atom. The first kappa shape index (κ1) is 15.5. The molecule has 4 nitrogen and oxygen atoms in total. The zero-order valence-corrected chi connectivity index (χ0v) is 12.3. The third kappa shape index (κ3) is 3.25. The topological polar surface area (TPSA) is 49.4 Å². The second kappa shape index (κ2) is 7.12. The van der Waals surface area contributed by atoms with Crippen molar-refractivity contribution in [2.24, 2.45) is 0 Å². The number of rotatable bonds is 1. The average molecular weight is 264 g/mol. The van der Waals surface area contributed by atoms with Crippen LogP contribution in [0.5, 0.6) is 0 Å². The van der Waals surface area contributed by atoms with Crippen molar-refractivity contribution in [1.29, 1.82) is 0 Å². The summed E-state index contributed by atoms with van der Waals surface area (Å²) in [4.78, 5) is 25.1. The van der Waals surface area contributed by atoms with Crippen molar-refractivity contribution < 1.29 is 9.59 Å². The van der Waals surface area contributed by atoms with Gasteiger partial charge in [-0.25, -0.2) is 0 Å². The van der Waals surface area contributed by atoms with Crippen LogP contribution < -0.4 is 5.32 Å². The highest BCUT2D eigenvalue weighted by atomic mass is 16.2. The Morgan fingerprint density at radius 3 is 2.37 bits per heavy atom. The standard InChI is InChI=1S/C13H18N2O2.C2H6/c1-3-9-7-8-15(10(9)4-2)11-5-6-12(16)14-13(11)17;1-2/h3-4,11H,5-8H2,1-2H3,(H,14,16,17);1-2H3/b9-3-,10-4+;. The van der Waals surface area contributed by atoms with E-state index < -0.39 is 0 Å². The van der Waals surface area contributed by atoms with E-state index in [0.29, 0.717) is 12.8 Å². The van der Waals surface area contributed by atoms with Crippen molar-refractivity contribution in [3.05, 3.63) is 23.4 Å². The van der Waals surface area contributed by atoms with Crippen molar-refractivity contribution in [1.82, 2.24) is 10.2 Å². The quantitative estimate of drug-likeness (QED) is 0.740. The van der Waals surface area contributed by atoms with Crippen LogP contribution in [-0.4, -0.2) is 29.3 Å². The van der Waals surface area contributed by atoms with Gasteiger partial charge in [-0.05, 0) is 32.3 Å². The summed E-state index contributed by atoms with van der Waals surface area (Å²) in [6, 6.07) is -0.184. The number of allylic oxidation sites excluding steroid dienone is 3. The molecule has 2 amide bonds. The fourth-order valence-corrected chi connectivity index (χ4v) is 2.62. The van der Waals surface area contributed by atoms with Crippen LogP contribution >= 0.6 is 0 Å². The molecule has 0 spiro atoms. The minimum Gasteiger partial charge on any atom is -0.359 e. The minimum absolute atomic E-state index is 0.154. The normalized spacial score (nSPS) is 27.4. The van der Waals surface area contributed by atoms with E-state index in [1.165, 1.54) is 5.57 Å². The summed E-state index contributed by atoms with van der Waals surface area (Å²) in [7, 11) is 0. The lowest BCUT2D eigenvalue weighted by Gasteiger charge is -2.32. The highest BCUT2D eigenvalue weighted by molar-refractivity contribution is 6.00. The van der Waals surface area contributed by atoms with Crippen LogP contribution in [0.4, 0.5) is 0 Å². The van der Waals surface area contributed by atoms with E-state index in [-0.39, 0.29) is 17.9 Å². The fraction of sp³-hybridized carbons (Fsp3) is 0.600. The van der Waals surface area contributed by atoms with Crippen molar-refractivity contribution in [3.8, 4) is 0 Å². The predicted molar refractivity (Wildman–Crippen MR) is 76.4 cm³/mol. The zero-order valence-electron chi connectivity index (χ0n) is 12.3. The van der Waals surface area contributed by atoms with Gasteiger partial charge in [-0.3, -0.25) is 14.9 Å². The average Bonchev–Trinajstić information content (AvgIpc) is 2.83. The van der Waals surface area contributed by atoms with Gasteiger partial charge >= 0.3 is 0 Å². The molecule has 0 aliphatic carbocycles. The van der Waals surface area contributed by atoms with E-state index in [1.807, 2.05) is 33.8 Å². The van der Waals surface area contributed by atoms with E-state index in [2.05, 4.69) is 16.3 Å². The number of carbonyl (C=O) groups excluding carboxylic acids is 2. The smallest absolute Gasteiger partial charge is 0.249 e. The van der Waals surface area contributed by atoms with Crippen LogP contribution in [0.15, 0.2) is 23.4 Å². The highest BCUT2D eigenvalue weighted by Crippen LogP contribution is 2.31. The van der Waals surface area contributed by atoms with E-state index in [4.69, 9.17) is 0 Å². The SMILES string of the molecule is C/C=C1/CCN(C2CCC(=O)NC2=O)/C1=C/C.CC. The molecule has 1 atom stereocenters. The lowest BCUT2D eigenvalue weighted by molar-refractivity contribution is -0.136. The van der Waals surface area contributed by atoms with Gasteiger partial charge in [0.25, 0.3) is 0 Å². The van der Waals surface area contributed by atoms with Crippen LogP contribution in [0.3, 0.4) is 0 Å². The van der Waals surface area contributed by atoms with Gasteiger partial charge in [0.1, 0.15) is 6.04 Å². The Morgan fingerprint density at radius 1 is 1.16 bits per heavy atom. The maximum Gasteiger partial charge on any atom is 0.249 e. The maximum absolute atomic E-state index is 11.8. The molecule has 0 saturated carbocycles. The van der Waals surface area contributed by atoms with Crippen LogP contribution in [-0.2, 0) is 9.59 Å². The molecular weight excluding hydrogens is 240 g/mol. The molecule has 2 heterocycles. The van der Waals surface area contributed by atoms with Gasteiger partial charge in [-0.15, -0.1) is 0 Å². The highest BCUT2D eigenvalue weighted by Gasteiger charge is 2.35. The number of amides is 2. The number of nitrogens with one attached hydrogen (secondary N) is 1. The molecule has 1 unspecified atom stereocenters. The predicted octanol–water partition coefficient (Wildman–Crippen LogP) is 2.37. The van der Waals surface area contributed by atoms with Gasteiger partial charge in [-0.2, -0.15) is 0 Å². The molecular formula is C15H24N2O2. The number of carbonyl (C=O) groups is 2. The van der Waals surface area contributed by atoms with Gasteiger partial charge in [0, 0.05) is 18.7 Å². The van der Waals surface area contributed by atoms with Gasteiger partial charge in [-0.1, -0.05) is 26.0 Å². The lowest BCUT2D eigenvalue weighted by atomic mass is 10.0. The molecule has 106 valence electrons. The summed E-state index contributed by atoms with van der Waals surface area (Å²) < 4.78 is 0. The fourth-order valence-electron chi connectivity index (χ4n) is 2.62. The Kier molecular flexibility index (Phi) is 5.80. The summed E-state index contributed by atoms with van der Waals surface area (Å²) in [6.45, 7) is 8.88. The molecule has 0 aromatic heterocycles. The Balaban J connectivity index is 0.000000861. The number of hydrogen-bond donors (Lipinski definition) is 1. The maximum atomic E-state index is 11.8. The van der Waals surface area contributed by atoms with E-state index in [1.54, 1.807) is 0 Å². The lowest BCUT2D eigenvalue weighted by Crippen LogP contribution is -2.51. The van der Waals surface area contributed by atoms with Gasteiger partial charge in [0.2, 0.25) is 11.8 Å². The summed E-state index contributed by atoms with van der Waals surface area (Å²) in [5, 5.41) is 2.42. The van der Waals surface area contributed by atoms with E-state index in [0.717, 1.165) is 18.7 Å². The number of nitrogens with zero attached hydrogens (tertiary/aromatic N) is 1. The molecule has 0 radical (unpaired) electrons. The number of likely N-dealkylation sites (tertiary alicyclic amines) is 1. The summed E-state index contributed by atoms with van der Waals surface area (Å²) in [5.41, 5.74) is 2.43. The molecule has 0 bridgehead atoms. The summed E-state index contributed by atoms with van der Waals surface area (Å²) >= 11 is 0. The Hall–Kier alpha value is -1.58. The van der Waals surface area contributed by atoms with E-state index in [9.17, 15) is 9.59 Å². The number of hydrogen-bond acceptors (Lipinski definition) is 3. The first-order chi connectivity index (χ1) is 9.17. The molecule has 19 heavy (non-hydrogen) atoms. The molecule has 4 heteroatoms. The van der Waals surface area contributed by atoms with E-state index >= 15 is 0 Å². The molecule has 2 rings (SSSR count). The molecule has 1 N–H and O–H groups in total. The third-order valence-electron chi connectivity index (χ3n) is 3.47. The van der Waals surface area contributed by atoms with Crippen molar-refractivity contribution in [2.75, 3.05) is 6.54 Å². The van der Waals surface area contributed by atoms with Crippen molar-refractivity contribution >= 4 is 11.8 Å². The zero-order chi connectivity index (χ0) is 14.4. The number of piperidine rings is 1. The first-order valence-electron chi connectivity index (χ1n) is 7.09. The Bertz CT molecular complexity index is 410. The van der Waals surface area contributed by atoms with Crippen molar-refractivity contribution in [2.45, 2.75) is 53.0 Å². The van der Waals surface area contributed by atoms with Gasteiger partial charge in [0.15, 0.2) is 0 Å². The second-order valence-electron chi connectivity index (χ2n) is 4.40. The monoisotopic (exact) mass is 264 g/mol. The third-order valence-corrected chi connectivity index (χ3v) is 3.47. The minimum atomic E-state index is -0.184. The molecule has 0 aromatic carbocycles. The summed E-state index contributed by atoms with van der Waals surface area (Å²) in [6.07, 6.45) is 6.19. The van der Waals surface area contributed by atoms with Crippen LogP contribution in [0.25, 0.3) is 0 Å². The second-order valence-corrected chi connectivity index (χ2v) is 4.40. The van der Waals surface area contributed by atoms with Gasteiger partial charge in [0.05, 0.1) is 0 Å². The molecule has 0 aromatic rings.